The first kappa shape index (κ1) is 20.0. The Morgan fingerprint density at radius 1 is 1.10 bits per heavy atom. The molecule has 1 aromatic heterocycles. The molecule has 0 atom stereocenters. The summed E-state index contributed by atoms with van der Waals surface area (Å²) in [6.07, 6.45) is 5.53. The van der Waals surface area contributed by atoms with Gasteiger partial charge in [-0.3, -0.25) is 4.57 Å². The number of amides is 2. The van der Waals surface area contributed by atoms with Gasteiger partial charge in [0.1, 0.15) is 0 Å². The second kappa shape index (κ2) is 7.83. The van der Waals surface area contributed by atoms with Crippen LogP contribution in [-0.4, -0.2) is 60.4 Å². The van der Waals surface area contributed by atoms with Crippen LogP contribution < -0.4 is 11.1 Å². The Balaban J connectivity index is 1.42. The number of hydrogen-bond acceptors (Lipinski definition) is 5. The van der Waals surface area contributed by atoms with E-state index in [4.69, 9.17) is 4.42 Å². The minimum Gasteiger partial charge on any atom is -0.408 e. The van der Waals surface area contributed by atoms with Crippen LogP contribution in [0.25, 0.3) is 11.1 Å². The molecular formula is C19H26N4O5S. The zero-order chi connectivity index (χ0) is 20.6. The van der Waals surface area contributed by atoms with Gasteiger partial charge in [-0.2, -0.15) is 4.31 Å². The first-order valence-corrected chi connectivity index (χ1v) is 11.5. The number of hydrogen-bond donors (Lipinski definition) is 1. The number of urea groups is 1. The van der Waals surface area contributed by atoms with E-state index in [0.29, 0.717) is 18.6 Å². The van der Waals surface area contributed by atoms with Crippen LogP contribution in [0, 0.1) is 0 Å². The maximum atomic E-state index is 13.0. The van der Waals surface area contributed by atoms with Gasteiger partial charge in [-0.1, -0.05) is 19.3 Å². The molecule has 2 amide bonds. The molecule has 0 radical (unpaired) electrons. The highest BCUT2D eigenvalue weighted by Crippen LogP contribution is 2.23. The van der Waals surface area contributed by atoms with Crippen LogP contribution in [0.15, 0.2) is 32.3 Å². The number of benzene rings is 1. The number of nitrogens with one attached hydrogen (secondary N) is 1. The highest BCUT2D eigenvalue weighted by molar-refractivity contribution is 7.89. The molecule has 1 saturated heterocycles. The molecule has 1 aliphatic carbocycles. The second-order valence-corrected chi connectivity index (χ2v) is 9.67. The highest BCUT2D eigenvalue weighted by Gasteiger charge is 2.31. The number of sulfonamides is 1. The Hall–Kier alpha value is -2.33. The highest BCUT2D eigenvalue weighted by atomic mass is 32.2. The Labute approximate surface area is 169 Å². The number of fused-ring (bicyclic) bond motifs is 1. The van der Waals surface area contributed by atoms with Gasteiger partial charge in [0.05, 0.1) is 10.4 Å². The molecule has 1 saturated carbocycles. The van der Waals surface area contributed by atoms with Crippen molar-refractivity contribution in [2.24, 2.45) is 7.05 Å². The normalized spacial score (nSPS) is 19.6. The van der Waals surface area contributed by atoms with E-state index in [1.54, 1.807) is 18.0 Å². The summed E-state index contributed by atoms with van der Waals surface area (Å²) in [5.41, 5.74) is 0.780. The molecule has 29 heavy (non-hydrogen) atoms. The number of aryl methyl sites for hydroxylation is 1. The first-order valence-electron chi connectivity index (χ1n) is 10.0. The maximum Gasteiger partial charge on any atom is 0.419 e. The van der Waals surface area contributed by atoms with Gasteiger partial charge in [-0.25, -0.2) is 18.0 Å². The summed E-state index contributed by atoms with van der Waals surface area (Å²) in [6, 6.07) is 4.55. The summed E-state index contributed by atoms with van der Waals surface area (Å²) in [6.45, 7) is 1.16. The number of oxazole rings is 1. The summed E-state index contributed by atoms with van der Waals surface area (Å²) in [5.74, 6) is -0.535. The van der Waals surface area contributed by atoms with E-state index >= 15 is 0 Å². The van der Waals surface area contributed by atoms with Gasteiger partial charge >= 0.3 is 11.8 Å². The van der Waals surface area contributed by atoms with Crippen LogP contribution >= 0.6 is 0 Å². The zero-order valence-corrected chi connectivity index (χ0v) is 17.3. The van der Waals surface area contributed by atoms with Crippen molar-refractivity contribution < 1.29 is 17.6 Å². The molecule has 10 heteroatoms. The first-order chi connectivity index (χ1) is 13.9. The zero-order valence-electron chi connectivity index (χ0n) is 16.5. The fourth-order valence-electron chi connectivity index (χ4n) is 4.07. The predicted octanol–water partition coefficient (Wildman–Crippen LogP) is 1.48. The molecule has 1 aromatic carbocycles. The van der Waals surface area contributed by atoms with E-state index in [9.17, 15) is 18.0 Å². The third-order valence-electron chi connectivity index (χ3n) is 5.86. The van der Waals surface area contributed by atoms with Crippen LogP contribution in [0.1, 0.15) is 32.1 Å². The average molecular weight is 423 g/mol. The van der Waals surface area contributed by atoms with Crippen molar-refractivity contribution in [2.45, 2.75) is 43.0 Å². The van der Waals surface area contributed by atoms with Crippen molar-refractivity contribution in [3.63, 3.8) is 0 Å². The number of nitrogens with zero attached hydrogens (tertiary/aromatic N) is 3. The molecule has 0 unspecified atom stereocenters. The second-order valence-electron chi connectivity index (χ2n) is 7.73. The van der Waals surface area contributed by atoms with Gasteiger partial charge in [0.15, 0.2) is 5.58 Å². The van der Waals surface area contributed by atoms with Crippen LogP contribution in [-0.2, 0) is 17.1 Å². The number of aromatic nitrogens is 1. The molecule has 2 aromatic rings. The van der Waals surface area contributed by atoms with Crippen molar-refractivity contribution in [3.8, 4) is 0 Å². The van der Waals surface area contributed by atoms with E-state index in [1.807, 2.05) is 0 Å². The Morgan fingerprint density at radius 2 is 1.79 bits per heavy atom. The lowest BCUT2D eigenvalue weighted by molar-refractivity contribution is 0.166. The maximum absolute atomic E-state index is 13.0. The van der Waals surface area contributed by atoms with Crippen LogP contribution in [0.3, 0.4) is 0 Å². The van der Waals surface area contributed by atoms with Gasteiger partial charge in [-0.15, -0.1) is 0 Å². The number of piperazine rings is 1. The van der Waals surface area contributed by atoms with E-state index in [1.165, 1.54) is 27.4 Å². The Morgan fingerprint density at radius 3 is 2.48 bits per heavy atom. The van der Waals surface area contributed by atoms with Crippen molar-refractivity contribution in [3.05, 3.63) is 28.7 Å². The van der Waals surface area contributed by atoms with Gasteiger partial charge in [0.2, 0.25) is 10.0 Å². The Bertz CT molecular complexity index is 1060. The van der Waals surface area contributed by atoms with Gasteiger partial charge < -0.3 is 14.6 Å². The lowest BCUT2D eigenvalue weighted by Gasteiger charge is -2.35. The molecule has 1 N–H and O–H groups in total. The number of carbonyl (C=O) groups is 1. The van der Waals surface area contributed by atoms with E-state index in [2.05, 4.69) is 5.32 Å². The predicted molar refractivity (Wildman–Crippen MR) is 107 cm³/mol. The molecule has 2 heterocycles. The summed E-state index contributed by atoms with van der Waals surface area (Å²) >= 11 is 0. The molecule has 2 fully saturated rings. The average Bonchev–Trinajstić information content (AvgIpc) is 3.02. The largest absolute Gasteiger partial charge is 0.419 e. The fourth-order valence-corrected chi connectivity index (χ4v) is 5.51. The molecule has 0 bridgehead atoms. The minimum atomic E-state index is -3.73. The van der Waals surface area contributed by atoms with Crippen molar-refractivity contribution in [1.82, 2.24) is 19.1 Å². The molecule has 2 aliphatic rings. The van der Waals surface area contributed by atoms with E-state index in [-0.39, 0.29) is 35.6 Å². The van der Waals surface area contributed by atoms with Gasteiger partial charge in [0, 0.05) is 45.3 Å². The van der Waals surface area contributed by atoms with Crippen molar-refractivity contribution in [1.29, 1.82) is 0 Å². The molecular weight excluding hydrogens is 396 g/mol. The minimum absolute atomic E-state index is 0.0828. The fraction of sp³-hybridized carbons (Fsp3) is 0.579. The number of rotatable bonds is 3. The summed E-state index contributed by atoms with van der Waals surface area (Å²) in [5, 5.41) is 3.08. The quantitative estimate of drug-likeness (QED) is 0.807. The number of carbonyl (C=O) groups excluding carboxylic acids is 1. The molecule has 0 spiro atoms. The summed E-state index contributed by atoms with van der Waals surface area (Å²) in [7, 11) is -2.16. The lowest BCUT2D eigenvalue weighted by atomic mass is 9.96. The molecule has 9 nitrogen and oxygen atoms in total. The summed E-state index contributed by atoms with van der Waals surface area (Å²) in [4.78, 5) is 25.9. The molecule has 158 valence electrons. The third-order valence-corrected chi connectivity index (χ3v) is 7.75. The molecule has 4 rings (SSSR count). The smallest absolute Gasteiger partial charge is 0.408 e. The monoisotopic (exact) mass is 422 g/mol. The third kappa shape index (κ3) is 3.91. The van der Waals surface area contributed by atoms with Crippen LogP contribution in [0.2, 0.25) is 0 Å². The van der Waals surface area contributed by atoms with Crippen LogP contribution in [0.4, 0.5) is 4.79 Å². The van der Waals surface area contributed by atoms with Crippen LogP contribution in [0.5, 0.6) is 0 Å². The Kier molecular flexibility index (Phi) is 5.39. The lowest BCUT2D eigenvalue weighted by Crippen LogP contribution is -2.54. The summed E-state index contributed by atoms with van der Waals surface area (Å²) < 4.78 is 33.8. The van der Waals surface area contributed by atoms with Crippen molar-refractivity contribution in [2.75, 3.05) is 26.2 Å². The van der Waals surface area contributed by atoms with Gasteiger partial charge in [-0.05, 0) is 25.0 Å². The topological polar surface area (TPSA) is 105 Å². The SMILES string of the molecule is Cn1c(=O)oc2cc(S(=O)(=O)N3CCN(C(=O)NC4CCCCC4)CC3)ccc21. The molecule has 1 aliphatic heterocycles. The van der Waals surface area contributed by atoms with Crippen molar-refractivity contribution >= 4 is 27.2 Å². The standard InChI is InChI=1S/C19H26N4O5S/c1-21-16-8-7-15(13-17(16)28-19(21)25)29(26,27)23-11-9-22(10-12-23)18(24)20-14-5-3-2-4-6-14/h7-8,13-14H,2-6,9-12H2,1H3,(H,20,24). The van der Waals surface area contributed by atoms with E-state index < -0.39 is 15.8 Å². The van der Waals surface area contributed by atoms with Gasteiger partial charge in [0.25, 0.3) is 0 Å². The van der Waals surface area contributed by atoms with E-state index in [0.717, 1.165) is 25.7 Å².